The van der Waals surface area contributed by atoms with Gasteiger partial charge in [0.1, 0.15) is 0 Å². The van der Waals surface area contributed by atoms with Gasteiger partial charge in [-0.3, -0.25) is 4.99 Å². The predicted molar refractivity (Wildman–Crippen MR) is 104 cm³/mol. The first-order valence-electron chi connectivity index (χ1n) is 7.82. The molecule has 0 saturated carbocycles. The van der Waals surface area contributed by atoms with Gasteiger partial charge in [0.15, 0.2) is 5.96 Å². The van der Waals surface area contributed by atoms with Gasteiger partial charge in [0, 0.05) is 36.1 Å². The Balaban J connectivity index is 0.00000400. The molecular formula is C16H35IN4. The van der Waals surface area contributed by atoms with Gasteiger partial charge >= 0.3 is 0 Å². The third-order valence-corrected chi connectivity index (χ3v) is 4.50. The summed E-state index contributed by atoms with van der Waals surface area (Å²) in [7, 11) is 0. The van der Waals surface area contributed by atoms with Crippen LogP contribution in [0, 0.1) is 5.41 Å². The minimum Gasteiger partial charge on any atom is -0.356 e. The molecule has 4 nitrogen and oxygen atoms in total. The number of nitrogens with one attached hydrogen (secondary N) is 2. The van der Waals surface area contributed by atoms with Gasteiger partial charge in [-0.25, -0.2) is 0 Å². The fraction of sp³-hybridized carbons (Fsp3) is 0.938. The molecule has 0 aliphatic carbocycles. The Morgan fingerprint density at radius 3 is 2.14 bits per heavy atom. The maximum atomic E-state index is 4.77. The molecule has 0 unspecified atom stereocenters. The molecule has 0 aromatic carbocycles. The van der Waals surface area contributed by atoms with Crippen molar-refractivity contribution in [3.8, 4) is 0 Å². The lowest BCUT2D eigenvalue weighted by Crippen LogP contribution is -2.72. The molecule has 0 atom stereocenters. The van der Waals surface area contributed by atoms with Crippen LogP contribution in [0.25, 0.3) is 0 Å². The zero-order valence-corrected chi connectivity index (χ0v) is 17.5. The van der Waals surface area contributed by atoms with Gasteiger partial charge in [-0.15, -0.1) is 24.0 Å². The zero-order valence-electron chi connectivity index (χ0n) is 15.1. The van der Waals surface area contributed by atoms with Crippen molar-refractivity contribution in [3.05, 3.63) is 0 Å². The Morgan fingerprint density at radius 1 is 1.19 bits per heavy atom. The van der Waals surface area contributed by atoms with E-state index in [2.05, 4.69) is 70.9 Å². The van der Waals surface area contributed by atoms with Gasteiger partial charge in [-0.05, 0) is 41.5 Å². The maximum Gasteiger partial charge on any atom is 0.194 e. The smallest absolute Gasteiger partial charge is 0.194 e. The van der Waals surface area contributed by atoms with Crippen LogP contribution in [0.4, 0.5) is 0 Å². The van der Waals surface area contributed by atoms with Crippen LogP contribution in [0.1, 0.15) is 55.4 Å². The van der Waals surface area contributed by atoms with Crippen LogP contribution in [0.2, 0.25) is 0 Å². The van der Waals surface area contributed by atoms with Crippen molar-refractivity contribution in [2.45, 2.75) is 66.5 Å². The van der Waals surface area contributed by atoms with Crippen LogP contribution in [0.15, 0.2) is 4.99 Å². The first kappa shape index (κ1) is 21.0. The third-order valence-electron chi connectivity index (χ3n) is 4.50. The van der Waals surface area contributed by atoms with Gasteiger partial charge in [-0.2, -0.15) is 0 Å². The monoisotopic (exact) mass is 410 g/mol. The maximum absolute atomic E-state index is 4.77. The molecule has 21 heavy (non-hydrogen) atoms. The molecule has 0 radical (unpaired) electrons. The van der Waals surface area contributed by atoms with Gasteiger partial charge in [0.05, 0.1) is 6.54 Å². The van der Waals surface area contributed by atoms with Crippen molar-refractivity contribution in [1.29, 1.82) is 0 Å². The molecule has 1 saturated heterocycles. The van der Waals surface area contributed by atoms with Crippen molar-refractivity contribution in [2.75, 3.05) is 26.2 Å². The number of rotatable bonds is 4. The van der Waals surface area contributed by atoms with Gasteiger partial charge in [-0.1, -0.05) is 13.8 Å². The van der Waals surface area contributed by atoms with E-state index in [-0.39, 0.29) is 35.1 Å². The van der Waals surface area contributed by atoms with Crippen molar-refractivity contribution in [3.63, 3.8) is 0 Å². The Bertz CT molecular complexity index is 356. The lowest BCUT2D eigenvalue weighted by atomic mass is 9.65. The van der Waals surface area contributed by atoms with E-state index in [0.29, 0.717) is 5.41 Å². The standard InChI is InChI=1S/C16H34N4.HI/c1-9-17-13(18-10-11-19-14(2,3)4)20-12-15(5,6)16(20,7)8;/h19H,9-12H2,1-8H3,(H,17,18);1H. The molecule has 1 aliphatic rings. The van der Waals surface area contributed by atoms with Crippen molar-refractivity contribution in [1.82, 2.24) is 15.5 Å². The van der Waals surface area contributed by atoms with Crippen LogP contribution in [-0.4, -0.2) is 48.1 Å². The highest BCUT2D eigenvalue weighted by Crippen LogP contribution is 2.46. The number of guanidine groups is 1. The highest BCUT2D eigenvalue weighted by Gasteiger charge is 2.53. The molecule has 1 rings (SSSR count). The van der Waals surface area contributed by atoms with Gasteiger partial charge in [0.25, 0.3) is 0 Å². The predicted octanol–water partition coefficient (Wildman–Crippen LogP) is 3.08. The second-order valence-electron chi connectivity index (χ2n) is 7.94. The summed E-state index contributed by atoms with van der Waals surface area (Å²) in [6.07, 6.45) is 0. The largest absolute Gasteiger partial charge is 0.356 e. The summed E-state index contributed by atoms with van der Waals surface area (Å²) >= 11 is 0. The summed E-state index contributed by atoms with van der Waals surface area (Å²) in [5.41, 5.74) is 0.657. The van der Waals surface area contributed by atoms with Crippen LogP contribution in [0.5, 0.6) is 0 Å². The van der Waals surface area contributed by atoms with E-state index >= 15 is 0 Å². The van der Waals surface area contributed by atoms with E-state index in [4.69, 9.17) is 4.99 Å². The first-order valence-corrected chi connectivity index (χ1v) is 7.82. The number of hydrogen-bond acceptors (Lipinski definition) is 2. The van der Waals surface area contributed by atoms with Crippen LogP contribution in [-0.2, 0) is 0 Å². The van der Waals surface area contributed by atoms with Crippen LogP contribution >= 0.6 is 24.0 Å². The van der Waals surface area contributed by atoms with Crippen LogP contribution < -0.4 is 10.6 Å². The summed E-state index contributed by atoms with van der Waals surface area (Å²) in [6, 6.07) is 0. The number of aliphatic imine (C=N–C) groups is 1. The Hall–Kier alpha value is -0.0400. The lowest BCUT2D eigenvalue weighted by Gasteiger charge is -2.62. The molecule has 0 aromatic heterocycles. The van der Waals surface area contributed by atoms with E-state index in [1.54, 1.807) is 0 Å². The van der Waals surface area contributed by atoms with Crippen molar-refractivity contribution in [2.24, 2.45) is 10.4 Å². The van der Waals surface area contributed by atoms with Crippen molar-refractivity contribution < 1.29 is 0 Å². The molecule has 1 fully saturated rings. The highest BCUT2D eigenvalue weighted by atomic mass is 127. The minimum absolute atomic E-state index is 0. The fourth-order valence-electron chi connectivity index (χ4n) is 2.39. The minimum atomic E-state index is 0. The molecular weight excluding hydrogens is 375 g/mol. The summed E-state index contributed by atoms with van der Waals surface area (Å²) in [5, 5.41) is 6.90. The average Bonchev–Trinajstić information content (AvgIpc) is 2.29. The second-order valence-corrected chi connectivity index (χ2v) is 7.94. The van der Waals surface area contributed by atoms with E-state index in [1.165, 1.54) is 0 Å². The zero-order chi connectivity index (χ0) is 15.6. The molecule has 5 heteroatoms. The molecule has 0 amide bonds. The molecule has 0 bridgehead atoms. The second kappa shape index (κ2) is 7.49. The summed E-state index contributed by atoms with van der Waals surface area (Å²) < 4.78 is 0. The number of nitrogens with zero attached hydrogens (tertiary/aromatic N) is 2. The SMILES string of the molecule is CCNC(=NCCNC(C)(C)C)N1CC(C)(C)C1(C)C.I. The Kier molecular flexibility index (Phi) is 7.47. The van der Waals surface area contributed by atoms with Gasteiger partial charge < -0.3 is 15.5 Å². The number of hydrogen-bond donors (Lipinski definition) is 2. The highest BCUT2D eigenvalue weighted by molar-refractivity contribution is 14.0. The van der Waals surface area contributed by atoms with E-state index in [9.17, 15) is 0 Å². The molecule has 126 valence electrons. The fourth-order valence-corrected chi connectivity index (χ4v) is 2.39. The first-order chi connectivity index (χ1) is 9.01. The Morgan fingerprint density at radius 2 is 1.76 bits per heavy atom. The average molecular weight is 410 g/mol. The molecule has 0 aromatic rings. The molecule has 2 N–H and O–H groups in total. The summed E-state index contributed by atoms with van der Waals surface area (Å²) in [6.45, 7) is 21.6. The van der Waals surface area contributed by atoms with Gasteiger partial charge in [0.2, 0.25) is 0 Å². The quantitative estimate of drug-likeness (QED) is 0.324. The van der Waals surface area contributed by atoms with Crippen molar-refractivity contribution >= 4 is 29.9 Å². The summed E-state index contributed by atoms with van der Waals surface area (Å²) in [4.78, 5) is 7.17. The number of halogens is 1. The topological polar surface area (TPSA) is 39.7 Å². The molecule has 0 spiro atoms. The van der Waals surface area contributed by atoms with E-state index in [1.807, 2.05) is 0 Å². The normalized spacial score (nSPS) is 20.6. The van der Waals surface area contributed by atoms with E-state index < -0.39 is 0 Å². The Labute approximate surface area is 148 Å². The summed E-state index contributed by atoms with van der Waals surface area (Å²) in [5.74, 6) is 1.05. The van der Waals surface area contributed by atoms with Crippen LogP contribution in [0.3, 0.4) is 0 Å². The number of likely N-dealkylation sites (tertiary alicyclic amines) is 1. The molecule has 1 heterocycles. The third kappa shape index (κ3) is 5.27. The molecule has 1 aliphatic heterocycles. The lowest BCUT2D eigenvalue weighted by molar-refractivity contribution is -0.0667. The van der Waals surface area contributed by atoms with E-state index in [0.717, 1.165) is 32.1 Å².